The zero-order valence-corrected chi connectivity index (χ0v) is 27.1. The Kier molecular flexibility index (Phi) is 8.16. The number of imidazole rings is 1. The predicted octanol–water partition coefficient (Wildman–Crippen LogP) is 2.88. The van der Waals surface area contributed by atoms with Gasteiger partial charge in [0.15, 0.2) is 11.5 Å². The summed E-state index contributed by atoms with van der Waals surface area (Å²) in [4.78, 5) is 56.4. The fourth-order valence-corrected chi connectivity index (χ4v) is 7.01. The summed E-state index contributed by atoms with van der Waals surface area (Å²) < 4.78 is 70.1. The SMILES string of the molecule is Cn1c(-c2cn([C@H]3CC3(F)F)nc2C(F)(F)F)cnc1C(=O)Nc1ccc(C(=O)N[C@@H]2[C@@H]3CN(C(=O)N[C@H]4CN(C(=O)O)C[C@@H]4O)C[C@@H]32)c(Cl)c1. The highest BCUT2D eigenvalue weighted by atomic mass is 35.5. The van der Waals surface area contributed by atoms with E-state index in [9.17, 15) is 46.2 Å². The Morgan fingerprint density at radius 1 is 1.02 bits per heavy atom. The fraction of sp³-hybridized carbons (Fsp3) is 0.467. The number of β-amino-alcohol motifs (C(OH)–C–C–N with tert-alkyl or cyclic N) is 1. The molecule has 5 amide bonds. The number of carbonyl (C=O) groups is 4. The molecule has 272 valence electrons. The third-order valence-corrected chi connectivity index (χ3v) is 10.0. The van der Waals surface area contributed by atoms with Crippen molar-refractivity contribution in [1.29, 1.82) is 0 Å². The van der Waals surface area contributed by atoms with Gasteiger partial charge in [0, 0.05) is 62.9 Å². The summed E-state index contributed by atoms with van der Waals surface area (Å²) in [5.74, 6) is -4.81. The lowest BCUT2D eigenvalue weighted by atomic mass is 10.2. The Morgan fingerprint density at radius 2 is 1.71 bits per heavy atom. The first-order valence-electron chi connectivity index (χ1n) is 15.6. The molecule has 21 heteroatoms. The molecule has 3 aromatic rings. The largest absolute Gasteiger partial charge is 0.465 e. The summed E-state index contributed by atoms with van der Waals surface area (Å²) >= 11 is 6.37. The van der Waals surface area contributed by atoms with Gasteiger partial charge in [-0.25, -0.2) is 23.4 Å². The normalized spacial score (nSPS) is 26.1. The number of amides is 5. The molecule has 4 fully saturated rings. The van der Waals surface area contributed by atoms with Gasteiger partial charge in [0.05, 0.1) is 46.7 Å². The van der Waals surface area contributed by atoms with E-state index in [1.165, 1.54) is 25.2 Å². The van der Waals surface area contributed by atoms with Crippen molar-refractivity contribution in [3.05, 3.63) is 52.7 Å². The smallest absolute Gasteiger partial charge is 0.435 e. The molecule has 0 radical (unpaired) electrons. The summed E-state index contributed by atoms with van der Waals surface area (Å²) in [5.41, 5.74) is -1.85. The summed E-state index contributed by atoms with van der Waals surface area (Å²) in [7, 11) is 1.29. The number of benzene rings is 1. The monoisotopic (exact) mass is 741 g/mol. The molecule has 2 aromatic heterocycles. The third-order valence-electron chi connectivity index (χ3n) is 9.70. The van der Waals surface area contributed by atoms with Gasteiger partial charge < -0.3 is 40.5 Å². The Labute approximate surface area is 289 Å². The number of urea groups is 1. The van der Waals surface area contributed by atoms with Crippen LogP contribution in [0.1, 0.15) is 39.1 Å². The lowest BCUT2D eigenvalue weighted by molar-refractivity contribution is -0.141. The number of aliphatic hydroxyl groups excluding tert-OH is 1. The van der Waals surface area contributed by atoms with Crippen LogP contribution in [0.25, 0.3) is 11.3 Å². The molecule has 51 heavy (non-hydrogen) atoms. The molecule has 2 saturated heterocycles. The number of nitrogens with one attached hydrogen (secondary N) is 3. The second-order valence-electron chi connectivity index (χ2n) is 13.1. The van der Waals surface area contributed by atoms with Gasteiger partial charge in [-0.3, -0.25) is 14.3 Å². The molecule has 2 aliphatic carbocycles. The Hall–Kier alpha value is -4.98. The van der Waals surface area contributed by atoms with Crippen LogP contribution in [0, 0.1) is 11.8 Å². The summed E-state index contributed by atoms with van der Waals surface area (Å²) in [6.45, 7) is 0.564. The number of nitrogens with zero attached hydrogens (tertiary/aromatic N) is 6. The average molecular weight is 742 g/mol. The third kappa shape index (κ3) is 6.41. The van der Waals surface area contributed by atoms with E-state index in [4.69, 9.17) is 16.7 Å². The molecule has 15 nitrogen and oxygen atoms in total. The summed E-state index contributed by atoms with van der Waals surface area (Å²) in [6, 6.07) is 1.19. The van der Waals surface area contributed by atoms with Gasteiger partial charge in [0.1, 0.15) is 6.04 Å². The first kappa shape index (κ1) is 34.5. The lowest BCUT2D eigenvalue weighted by Crippen LogP contribution is -2.50. The number of alkyl halides is 5. The van der Waals surface area contributed by atoms with Crippen LogP contribution in [0.3, 0.4) is 0 Å². The number of aromatic nitrogens is 4. The van der Waals surface area contributed by atoms with Crippen LogP contribution in [0.4, 0.5) is 37.2 Å². The number of likely N-dealkylation sites (tertiary alicyclic amines) is 2. The first-order valence-corrected chi connectivity index (χ1v) is 16.0. The molecular weight excluding hydrogens is 713 g/mol. The van der Waals surface area contributed by atoms with Crippen LogP contribution in [0.15, 0.2) is 30.6 Å². The Bertz CT molecular complexity index is 1940. The number of carboxylic acid groups (broad SMARTS) is 1. The second kappa shape index (κ2) is 12.1. The van der Waals surface area contributed by atoms with Crippen molar-refractivity contribution in [2.24, 2.45) is 18.9 Å². The maximum absolute atomic E-state index is 13.8. The van der Waals surface area contributed by atoms with Gasteiger partial charge in [0.25, 0.3) is 17.7 Å². The Morgan fingerprint density at radius 3 is 2.29 bits per heavy atom. The molecule has 6 atom stereocenters. The van der Waals surface area contributed by atoms with Crippen LogP contribution in [-0.4, -0.2) is 114 Å². The van der Waals surface area contributed by atoms with Crippen molar-refractivity contribution >= 4 is 41.2 Å². The highest BCUT2D eigenvalue weighted by Gasteiger charge is 2.60. The number of halogens is 6. The molecule has 5 N–H and O–H groups in total. The van der Waals surface area contributed by atoms with E-state index in [0.29, 0.717) is 17.8 Å². The molecule has 4 aliphatic rings. The van der Waals surface area contributed by atoms with Gasteiger partial charge in [-0.05, 0) is 18.2 Å². The van der Waals surface area contributed by atoms with Gasteiger partial charge >= 0.3 is 18.3 Å². The van der Waals surface area contributed by atoms with Crippen molar-refractivity contribution in [1.82, 2.24) is 39.8 Å². The molecular formula is C30H29ClF5N9O6. The Balaban J connectivity index is 0.944. The van der Waals surface area contributed by atoms with Crippen LogP contribution in [-0.2, 0) is 13.2 Å². The van der Waals surface area contributed by atoms with Crippen LogP contribution in [0.2, 0.25) is 5.02 Å². The van der Waals surface area contributed by atoms with Gasteiger partial charge in [-0.1, -0.05) is 11.6 Å². The molecule has 0 unspecified atom stereocenters. The lowest BCUT2D eigenvalue weighted by Gasteiger charge is -2.24. The number of fused-ring (bicyclic) bond motifs is 1. The van der Waals surface area contributed by atoms with Crippen molar-refractivity contribution in [3.63, 3.8) is 0 Å². The van der Waals surface area contributed by atoms with E-state index in [0.717, 1.165) is 21.9 Å². The number of hydrogen-bond acceptors (Lipinski definition) is 7. The quantitative estimate of drug-likeness (QED) is 0.229. The zero-order chi connectivity index (χ0) is 36.7. The molecule has 0 spiro atoms. The van der Waals surface area contributed by atoms with Crippen molar-refractivity contribution in [3.8, 4) is 11.3 Å². The minimum Gasteiger partial charge on any atom is -0.465 e. The van der Waals surface area contributed by atoms with Crippen LogP contribution < -0.4 is 16.0 Å². The number of anilines is 1. The topological polar surface area (TPSA) is 187 Å². The fourth-order valence-electron chi connectivity index (χ4n) is 6.74. The van der Waals surface area contributed by atoms with Crippen molar-refractivity contribution in [2.75, 3.05) is 31.5 Å². The maximum Gasteiger partial charge on any atom is 0.435 e. The van der Waals surface area contributed by atoms with Gasteiger partial charge in [0.2, 0.25) is 0 Å². The van der Waals surface area contributed by atoms with Crippen LogP contribution in [0.5, 0.6) is 0 Å². The maximum atomic E-state index is 13.8. The molecule has 1 aromatic carbocycles. The summed E-state index contributed by atoms with van der Waals surface area (Å²) in [6.07, 6.45) is -5.95. The van der Waals surface area contributed by atoms with E-state index < -0.39 is 71.9 Å². The van der Waals surface area contributed by atoms with Crippen LogP contribution >= 0.6 is 11.6 Å². The highest BCUT2D eigenvalue weighted by Crippen LogP contribution is 2.53. The van der Waals surface area contributed by atoms with E-state index in [1.54, 1.807) is 4.90 Å². The van der Waals surface area contributed by atoms with E-state index in [1.807, 2.05) is 0 Å². The second-order valence-corrected chi connectivity index (χ2v) is 13.5. The van der Waals surface area contributed by atoms with E-state index in [-0.39, 0.29) is 58.8 Å². The van der Waals surface area contributed by atoms with E-state index in [2.05, 4.69) is 26.0 Å². The zero-order valence-electron chi connectivity index (χ0n) is 26.4. The minimum atomic E-state index is -4.97. The molecule has 4 heterocycles. The molecule has 0 bridgehead atoms. The van der Waals surface area contributed by atoms with E-state index >= 15 is 0 Å². The number of carbonyl (C=O) groups excluding carboxylic acids is 3. The van der Waals surface area contributed by atoms with Gasteiger partial charge in [-0.2, -0.15) is 18.3 Å². The first-order chi connectivity index (χ1) is 23.9. The molecule has 2 saturated carbocycles. The van der Waals surface area contributed by atoms with Gasteiger partial charge in [-0.15, -0.1) is 0 Å². The number of rotatable bonds is 7. The number of hydrogen-bond donors (Lipinski definition) is 5. The summed E-state index contributed by atoms with van der Waals surface area (Å²) in [5, 5.41) is 30.6. The standard InChI is InChI=1S/C30H29ClF5N9O6/c1-42-19(16-9-45(21-5-29(21,32)33)41-23(16)30(34,35)36)6-37-24(42)26(48)38-12-2-3-13(17(31)4-12)25(47)40-22-14-7-43(8-15(14)22)27(49)39-18-10-44(28(50)51)11-20(18)46/h2-4,6,9,14-15,18,20-22,46H,5,7-8,10-11H2,1H3,(H,38,48)(H,39,49)(H,40,47)(H,50,51)/t14-,15+,18-,20-,21-,22-/m0/s1. The predicted molar refractivity (Wildman–Crippen MR) is 165 cm³/mol. The average Bonchev–Trinajstić information content (AvgIpc) is 3.50. The van der Waals surface area contributed by atoms with Crippen molar-refractivity contribution in [2.45, 2.75) is 42.7 Å². The number of aliphatic hydroxyl groups is 1. The molecule has 7 rings (SSSR count). The number of piperidine rings is 1. The molecule has 2 aliphatic heterocycles. The highest BCUT2D eigenvalue weighted by molar-refractivity contribution is 6.34. The minimum absolute atomic E-state index is 0.0118. The van der Waals surface area contributed by atoms with Crippen molar-refractivity contribution < 1.29 is 51.3 Å².